The predicted octanol–water partition coefficient (Wildman–Crippen LogP) is 3.75. The van der Waals surface area contributed by atoms with E-state index in [0.29, 0.717) is 24.0 Å². The second kappa shape index (κ2) is 7.86. The highest BCUT2D eigenvalue weighted by Crippen LogP contribution is 2.46. The highest BCUT2D eigenvalue weighted by Gasteiger charge is 2.50. The van der Waals surface area contributed by atoms with Crippen LogP contribution >= 0.6 is 11.8 Å². The van der Waals surface area contributed by atoms with Gasteiger partial charge in [-0.1, -0.05) is 45.0 Å². The van der Waals surface area contributed by atoms with Gasteiger partial charge in [-0.05, 0) is 29.7 Å². The van der Waals surface area contributed by atoms with Gasteiger partial charge in [-0.25, -0.2) is 0 Å². The standard InChI is InChI=1S/C22H32N2O2S/c1-15-8-6-7-9-17(15)21-18-13-23(20(26)14-27-5)11-16(18)12-24(21)19(25)10-22(2,3)4/h6-9,16,18,21H,10-14H2,1-5H3/t16-,18-,21+/m0/s1. The number of hydrogen-bond donors (Lipinski definition) is 0. The summed E-state index contributed by atoms with van der Waals surface area (Å²) in [5, 5.41) is 0. The Morgan fingerprint density at radius 1 is 1.11 bits per heavy atom. The Labute approximate surface area is 167 Å². The van der Waals surface area contributed by atoms with Crippen molar-refractivity contribution in [3.05, 3.63) is 35.4 Å². The average molecular weight is 389 g/mol. The Hall–Kier alpha value is -1.49. The maximum atomic E-state index is 13.1. The molecule has 0 saturated carbocycles. The van der Waals surface area contributed by atoms with Crippen LogP contribution in [0.2, 0.25) is 0 Å². The third-order valence-electron chi connectivity index (χ3n) is 5.79. The third-order valence-corrected chi connectivity index (χ3v) is 6.33. The number of carbonyl (C=O) groups excluding carboxylic acids is 2. The Kier molecular flexibility index (Phi) is 5.90. The first kappa shape index (κ1) is 20.2. The van der Waals surface area contributed by atoms with Crippen molar-refractivity contribution in [2.24, 2.45) is 17.3 Å². The van der Waals surface area contributed by atoms with Gasteiger partial charge in [0.15, 0.2) is 0 Å². The zero-order valence-electron chi connectivity index (χ0n) is 17.2. The molecule has 0 aliphatic carbocycles. The van der Waals surface area contributed by atoms with Crippen LogP contribution in [0.15, 0.2) is 24.3 Å². The number of hydrogen-bond acceptors (Lipinski definition) is 3. The van der Waals surface area contributed by atoms with Gasteiger partial charge in [0.1, 0.15) is 0 Å². The molecule has 2 amide bonds. The molecule has 3 rings (SSSR count). The van der Waals surface area contributed by atoms with Gasteiger partial charge >= 0.3 is 0 Å². The van der Waals surface area contributed by atoms with Crippen molar-refractivity contribution in [3.63, 3.8) is 0 Å². The average Bonchev–Trinajstić information content (AvgIpc) is 3.12. The lowest BCUT2D eigenvalue weighted by Gasteiger charge is -2.32. The van der Waals surface area contributed by atoms with E-state index in [1.807, 2.05) is 11.2 Å². The molecule has 2 saturated heterocycles. The van der Waals surface area contributed by atoms with E-state index in [1.54, 1.807) is 11.8 Å². The van der Waals surface area contributed by atoms with Gasteiger partial charge in [-0.15, -0.1) is 0 Å². The van der Waals surface area contributed by atoms with Crippen LogP contribution in [-0.2, 0) is 9.59 Å². The van der Waals surface area contributed by atoms with Gasteiger partial charge in [-0.3, -0.25) is 9.59 Å². The summed E-state index contributed by atoms with van der Waals surface area (Å²) in [6.07, 6.45) is 2.53. The van der Waals surface area contributed by atoms with E-state index in [4.69, 9.17) is 0 Å². The van der Waals surface area contributed by atoms with Crippen LogP contribution in [-0.4, -0.2) is 53.3 Å². The number of benzene rings is 1. The molecule has 2 aliphatic rings. The van der Waals surface area contributed by atoms with Crippen molar-refractivity contribution in [1.29, 1.82) is 0 Å². The van der Waals surface area contributed by atoms with Gasteiger partial charge < -0.3 is 9.80 Å². The summed E-state index contributed by atoms with van der Waals surface area (Å²) in [5.74, 6) is 1.73. The van der Waals surface area contributed by atoms with E-state index in [-0.39, 0.29) is 23.3 Å². The fourth-order valence-electron chi connectivity index (χ4n) is 4.59. The van der Waals surface area contributed by atoms with Crippen molar-refractivity contribution >= 4 is 23.6 Å². The first-order chi connectivity index (χ1) is 12.7. The van der Waals surface area contributed by atoms with E-state index < -0.39 is 0 Å². The van der Waals surface area contributed by atoms with Crippen LogP contribution in [0.4, 0.5) is 0 Å². The van der Waals surface area contributed by atoms with Crippen molar-refractivity contribution in [2.45, 2.75) is 40.2 Å². The fourth-order valence-corrected chi connectivity index (χ4v) is 5.02. The maximum Gasteiger partial charge on any atom is 0.232 e. The van der Waals surface area contributed by atoms with E-state index in [1.165, 1.54) is 11.1 Å². The van der Waals surface area contributed by atoms with Gasteiger partial charge in [0.25, 0.3) is 0 Å². The second-order valence-electron chi connectivity index (χ2n) is 9.24. The molecular formula is C22H32N2O2S. The summed E-state index contributed by atoms with van der Waals surface area (Å²) < 4.78 is 0. The molecule has 0 aromatic heterocycles. The summed E-state index contributed by atoms with van der Waals surface area (Å²) in [4.78, 5) is 29.7. The van der Waals surface area contributed by atoms with Crippen molar-refractivity contribution < 1.29 is 9.59 Å². The quantitative estimate of drug-likeness (QED) is 0.789. The number of nitrogens with zero attached hydrogens (tertiary/aromatic N) is 2. The number of fused-ring (bicyclic) bond motifs is 1. The van der Waals surface area contributed by atoms with Crippen LogP contribution in [0.25, 0.3) is 0 Å². The van der Waals surface area contributed by atoms with Crippen LogP contribution in [0, 0.1) is 24.2 Å². The summed E-state index contributed by atoms with van der Waals surface area (Å²) in [7, 11) is 0. The molecule has 2 heterocycles. The van der Waals surface area contributed by atoms with Crippen molar-refractivity contribution in [1.82, 2.24) is 9.80 Å². The van der Waals surface area contributed by atoms with E-state index >= 15 is 0 Å². The molecular weight excluding hydrogens is 356 g/mol. The summed E-state index contributed by atoms with van der Waals surface area (Å²) in [6.45, 7) is 10.8. The monoisotopic (exact) mass is 388 g/mol. The lowest BCUT2D eigenvalue weighted by molar-refractivity contribution is -0.134. The summed E-state index contributed by atoms with van der Waals surface area (Å²) in [5.41, 5.74) is 2.45. The largest absolute Gasteiger partial charge is 0.341 e. The van der Waals surface area contributed by atoms with Gasteiger partial charge in [0.2, 0.25) is 11.8 Å². The number of amides is 2. The van der Waals surface area contributed by atoms with Crippen molar-refractivity contribution in [3.8, 4) is 0 Å². The molecule has 1 aromatic carbocycles. The minimum Gasteiger partial charge on any atom is -0.341 e. The number of thioether (sulfide) groups is 1. The summed E-state index contributed by atoms with van der Waals surface area (Å²) >= 11 is 1.58. The molecule has 5 heteroatoms. The lowest BCUT2D eigenvalue weighted by atomic mass is 9.87. The molecule has 27 heavy (non-hydrogen) atoms. The fraction of sp³-hybridized carbons (Fsp3) is 0.636. The molecule has 148 valence electrons. The molecule has 0 spiro atoms. The molecule has 4 nitrogen and oxygen atoms in total. The highest BCUT2D eigenvalue weighted by atomic mass is 32.2. The molecule has 0 bridgehead atoms. The number of likely N-dealkylation sites (tertiary alicyclic amines) is 2. The summed E-state index contributed by atoms with van der Waals surface area (Å²) in [6, 6.07) is 8.48. The molecule has 0 N–H and O–H groups in total. The molecule has 2 fully saturated rings. The minimum atomic E-state index is -0.0224. The Morgan fingerprint density at radius 3 is 2.44 bits per heavy atom. The SMILES string of the molecule is CSCC(=O)N1C[C@H]2CN(C(=O)CC(C)(C)C)[C@H](c3ccccc3C)[C@H]2C1. The molecule has 0 radical (unpaired) electrons. The van der Waals surface area contributed by atoms with Crippen LogP contribution in [0.1, 0.15) is 44.4 Å². The predicted molar refractivity (Wildman–Crippen MR) is 112 cm³/mol. The maximum absolute atomic E-state index is 13.1. The number of aryl methyl sites for hydroxylation is 1. The Morgan fingerprint density at radius 2 is 1.81 bits per heavy atom. The topological polar surface area (TPSA) is 40.6 Å². The van der Waals surface area contributed by atoms with Crippen LogP contribution in [0.3, 0.4) is 0 Å². The minimum absolute atomic E-state index is 0.0224. The smallest absolute Gasteiger partial charge is 0.232 e. The Balaban J connectivity index is 1.88. The van der Waals surface area contributed by atoms with Gasteiger partial charge in [0, 0.05) is 37.9 Å². The van der Waals surface area contributed by atoms with E-state index in [2.05, 4.69) is 56.9 Å². The van der Waals surface area contributed by atoms with Crippen LogP contribution < -0.4 is 0 Å². The van der Waals surface area contributed by atoms with Gasteiger partial charge in [0.05, 0.1) is 11.8 Å². The first-order valence-corrected chi connectivity index (χ1v) is 11.2. The zero-order valence-corrected chi connectivity index (χ0v) is 18.0. The Bertz CT molecular complexity index is 713. The number of carbonyl (C=O) groups is 2. The lowest BCUT2D eigenvalue weighted by Crippen LogP contribution is -2.39. The van der Waals surface area contributed by atoms with Crippen molar-refractivity contribution in [2.75, 3.05) is 31.6 Å². The van der Waals surface area contributed by atoms with Gasteiger partial charge in [-0.2, -0.15) is 11.8 Å². The third kappa shape index (κ3) is 4.34. The molecule has 1 aromatic rings. The van der Waals surface area contributed by atoms with E-state index in [9.17, 15) is 9.59 Å². The highest BCUT2D eigenvalue weighted by molar-refractivity contribution is 7.99. The molecule has 3 atom stereocenters. The van der Waals surface area contributed by atoms with Crippen LogP contribution in [0.5, 0.6) is 0 Å². The zero-order chi connectivity index (χ0) is 19.8. The van der Waals surface area contributed by atoms with E-state index in [0.717, 1.165) is 19.6 Å². The first-order valence-electron chi connectivity index (χ1n) is 9.83. The number of rotatable bonds is 4. The normalized spacial score (nSPS) is 25.0. The molecule has 0 unspecified atom stereocenters. The second-order valence-corrected chi connectivity index (χ2v) is 10.1. The molecule has 2 aliphatic heterocycles.